The van der Waals surface area contributed by atoms with Crippen LogP contribution >= 0.6 is 0 Å². The maximum atomic E-state index is 12.5. The molecule has 1 heterocycles. The molecule has 0 bridgehead atoms. The second-order valence-electron chi connectivity index (χ2n) is 7.74. The number of carbonyl (C=O) groups is 2. The van der Waals surface area contributed by atoms with Crippen LogP contribution < -0.4 is 15.7 Å². The van der Waals surface area contributed by atoms with Gasteiger partial charge in [-0.2, -0.15) is 0 Å². The highest BCUT2D eigenvalue weighted by atomic mass is 16.5. The maximum Gasteiger partial charge on any atom is 0.339 e. The van der Waals surface area contributed by atoms with Crippen molar-refractivity contribution in [1.82, 2.24) is 0 Å². The lowest BCUT2D eigenvalue weighted by molar-refractivity contribution is -0.153. The highest BCUT2D eigenvalue weighted by Gasteiger charge is 2.20. The first-order chi connectivity index (χ1) is 15.2. The van der Waals surface area contributed by atoms with Gasteiger partial charge in [0.15, 0.2) is 6.10 Å². The van der Waals surface area contributed by atoms with Crippen LogP contribution in [-0.2, 0) is 20.7 Å². The minimum Gasteiger partial charge on any atom is -0.497 e. The van der Waals surface area contributed by atoms with Crippen molar-refractivity contribution in [2.75, 3.05) is 12.4 Å². The summed E-state index contributed by atoms with van der Waals surface area (Å²) in [6.45, 7) is 7.12. The molecule has 0 fully saturated rings. The number of fused-ring (bicyclic) bond motifs is 1. The molecular formula is C25H27NO6. The number of anilines is 1. The van der Waals surface area contributed by atoms with E-state index in [9.17, 15) is 14.4 Å². The fourth-order valence-corrected chi connectivity index (χ4v) is 3.56. The van der Waals surface area contributed by atoms with Gasteiger partial charge in [-0.05, 0) is 62.9 Å². The normalized spacial score (nSPS) is 11.8. The van der Waals surface area contributed by atoms with Gasteiger partial charge in [0.1, 0.15) is 11.3 Å². The molecule has 7 heteroatoms. The van der Waals surface area contributed by atoms with E-state index in [4.69, 9.17) is 13.9 Å². The van der Waals surface area contributed by atoms with Crippen LogP contribution in [0.5, 0.6) is 5.75 Å². The fraction of sp³-hybridized carbons (Fsp3) is 0.320. The zero-order valence-corrected chi connectivity index (χ0v) is 18.9. The summed E-state index contributed by atoms with van der Waals surface area (Å²) in [7, 11) is 1.54. The van der Waals surface area contributed by atoms with E-state index in [2.05, 4.69) is 5.32 Å². The Morgan fingerprint density at radius 1 is 1.09 bits per heavy atom. The molecule has 0 saturated carbocycles. The van der Waals surface area contributed by atoms with Crippen molar-refractivity contribution in [2.45, 2.75) is 46.6 Å². The Balaban J connectivity index is 1.65. The monoisotopic (exact) mass is 437 g/mol. The lowest BCUT2D eigenvalue weighted by Crippen LogP contribution is -2.30. The van der Waals surface area contributed by atoms with E-state index in [1.54, 1.807) is 12.1 Å². The second-order valence-corrected chi connectivity index (χ2v) is 7.74. The van der Waals surface area contributed by atoms with Gasteiger partial charge < -0.3 is 19.2 Å². The summed E-state index contributed by atoms with van der Waals surface area (Å²) in [4.78, 5) is 37.2. The first-order valence-corrected chi connectivity index (χ1v) is 10.4. The van der Waals surface area contributed by atoms with E-state index in [0.29, 0.717) is 22.6 Å². The van der Waals surface area contributed by atoms with Crippen LogP contribution in [0.4, 0.5) is 5.69 Å². The Bertz CT molecular complexity index is 1210. The molecule has 0 spiro atoms. The van der Waals surface area contributed by atoms with Crippen molar-refractivity contribution < 1.29 is 23.5 Å². The fourth-order valence-electron chi connectivity index (χ4n) is 3.56. The smallest absolute Gasteiger partial charge is 0.339 e. The van der Waals surface area contributed by atoms with Crippen molar-refractivity contribution >= 4 is 28.5 Å². The SMILES string of the molecule is COc1ccc2c(C)c(CCC(=O)OC(C)C(=O)Nc3c(C)cccc3C)c(=O)oc2c1. The van der Waals surface area contributed by atoms with Crippen LogP contribution in [0.25, 0.3) is 11.0 Å². The number of esters is 1. The number of methoxy groups -OCH3 is 1. The van der Waals surface area contributed by atoms with Gasteiger partial charge in [-0.1, -0.05) is 18.2 Å². The topological polar surface area (TPSA) is 94.8 Å². The number of aryl methyl sites for hydroxylation is 3. The van der Waals surface area contributed by atoms with Crippen molar-refractivity contribution in [3.05, 3.63) is 69.1 Å². The van der Waals surface area contributed by atoms with E-state index in [1.807, 2.05) is 45.0 Å². The average Bonchev–Trinajstić information content (AvgIpc) is 2.75. The number of hydrogen-bond acceptors (Lipinski definition) is 6. The molecule has 0 aliphatic rings. The van der Waals surface area contributed by atoms with Gasteiger partial charge in [0.05, 0.1) is 7.11 Å². The van der Waals surface area contributed by atoms with E-state index < -0.39 is 23.6 Å². The van der Waals surface area contributed by atoms with Crippen LogP contribution in [0, 0.1) is 20.8 Å². The largest absolute Gasteiger partial charge is 0.497 e. The lowest BCUT2D eigenvalue weighted by atomic mass is 10.0. The maximum absolute atomic E-state index is 12.5. The number of nitrogens with one attached hydrogen (secondary N) is 1. The van der Waals surface area contributed by atoms with Gasteiger partial charge in [-0.25, -0.2) is 4.79 Å². The molecule has 0 saturated heterocycles. The molecule has 32 heavy (non-hydrogen) atoms. The molecule has 168 valence electrons. The predicted molar refractivity (Wildman–Crippen MR) is 122 cm³/mol. The summed E-state index contributed by atoms with van der Waals surface area (Å²) in [6, 6.07) is 10.9. The molecule has 3 aromatic rings. The third kappa shape index (κ3) is 4.99. The van der Waals surface area contributed by atoms with Gasteiger partial charge in [0, 0.05) is 29.1 Å². The highest BCUT2D eigenvalue weighted by molar-refractivity contribution is 5.96. The molecular weight excluding hydrogens is 410 g/mol. The number of para-hydroxylation sites is 1. The summed E-state index contributed by atoms with van der Waals surface area (Å²) in [5.41, 5.74) is 3.63. The predicted octanol–water partition coefficient (Wildman–Crippen LogP) is 4.23. The Labute approximate surface area is 186 Å². The summed E-state index contributed by atoms with van der Waals surface area (Å²) < 4.78 is 15.8. The van der Waals surface area contributed by atoms with Crippen LogP contribution in [0.2, 0.25) is 0 Å². The van der Waals surface area contributed by atoms with Gasteiger partial charge in [0.25, 0.3) is 5.91 Å². The van der Waals surface area contributed by atoms with Gasteiger partial charge in [0.2, 0.25) is 0 Å². The lowest BCUT2D eigenvalue weighted by Gasteiger charge is -2.16. The summed E-state index contributed by atoms with van der Waals surface area (Å²) in [5.74, 6) is -0.390. The number of carbonyl (C=O) groups excluding carboxylic acids is 2. The first kappa shape index (κ1) is 23.1. The van der Waals surface area contributed by atoms with Crippen molar-refractivity contribution in [2.24, 2.45) is 0 Å². The highest BCUT2D eigenvalue weighted by Crippen LogP contribution is 2.24. The number of amides is 1. The Hall–Kier alpha value is -3.61. The number of ether oxygens (including phenoxy) is 2. The van der Waals surface area contributed by atoms with E-state index in [-0.39, 0.29) is 12.8 Å². The summed E-state index contributed by atoms with van der Waals surface area (Å²) in [6.07, 6.45) is -0.864. The molecule has 0 radical (unpaired) electrons. The quantitative estimate of drug-likeness (QED) is 0.439. The van der Waals surface area contributed by atoms with Crippen LogP contribution in [-0.4, -0.2) is 25.1 Å². The second kappa shape index (κ2) is 9.68. The zero-order chi connectivity index (χ0) is 23.4. The molecule has 3 rings (SSSR count). The first-order valence-electron chi connectivity index (χ1n) is 10.4. The van der Waals surface area contributed by atoms with E-state index in [0.717, 1.165) is 22.1 Å². The van der Waals surface area contributed by atoms with Crippen LogP contribution in [0.1, 0.15) is 35.6 Å². The summed E-state index contributed by atoms with van der Waals surface area (Å²) >= 11 is 0. The van der Waals surface area contributed by atoms with Gasteiger partial charge >= 0.3 is 11.6 Å². The average molecular weight is 437 g/mol. The minimum atomic E-state index is -0.969. The summed E-state index contributed by atoms with van der Waals surface area (Å²) in [5, 5.41) is 3.59. The molecule has 1 N–H and O–H groups in total. The number of benzene rings is 2. The zero-order valence-electron chi connectivity index (χ0n) is 18.9. The van der Waals surface area contributed by atoms with Gasteiger partial charge in [-0.15, -0.1) is 0 Å². The molecule has 2 aromatic carbocycles. The Morgan fingerprint density at radius 2 is 1.78 bits per heavy atom. The number of hydrogen-bond donors (Lipinski definition) is 1. The third-order valence-corrected chi connectivity index (χ3v) is 5.48. The molecule has 0 aliphatic heterocycles. The minimum absolute atomic E-state index is 0.0473. The Kier molecular flexibility index (Phi) is 6.98. The van der Waals surface area contributed by atoms with Crippen molar-refractivity contribution in [3.8, 4) is 5.75 Å². The molecule has 1 amide bonds. The number of rotatable bonds is 7. The molecule has 1 atom stereocenters. The Morgan fingerprint density at radius 3 is 2.44 bits per heavy atom. The molecule has 7 nitrogen and oxygen atoms in total. The van der Waals surface area contributed by atoms with Crippen molar-refractivity contribution in [1.29, 1.82) is 0 Å². The molecule has 1 aromatic heterocycles. The third-order valence-electron chi connectivity index (χ3n) is 5.48. The van der Waals surface area contributed by atoms with Crippen LogP contribution in [0.3, 0.4) is 0 Å². The van der Waals surface area contributed by atoms with Crippen molar-refractivity contribution in [3.63, 3.8) is 0 Å². The molecule has 0 aliphatic carbocycles. The van der Waals surface area contributed by atoms with Crippen LogP contribution in [0.15, 0.2) is 45.6 Å². The van der Waals surface area contributed by atoms with E-state index >= 15 is 0 Å². The standard InChI is InChI=1S/C25H27NO6/c1-14-7-6-8-15(2)23(14)26-24(28)17(4)31-22(27)12-11-20-16(3)19-10-9-18(30-5)13-21(19)32-25(20)29/h6-10,13,17H,11-12H2,1-5H3,(H,26,28). The van der Waals surface area contributed by atoms with E-state index in [1.165, 1.54) is 14.0 Å². The van der Waals surface area contributed by atoms with Gasteiger partial charge in [-0.3, -0.25) is 9.59 Å². The molecule has 1 unspecified atom stereocenters.